The number of imidazole rings is 1. The summed E-state index contributed by atoms with van der Waals surface area (Å²) in [6, 6.07) is 2.67. The van der Waals surface area contributed by atoms with Crippen LogP contribution in [0.1, 0.15) is 26.7 Å². The quantitative estimate of drug-likeness (QED) is 0.320. The molecule has 170 valence electrons. The number of aromatic hydroxyl groups is 1. The molecule has 2 amide bonds. The molecule has 11 nitrogen and oxygen atoms in total. The predicted molar refractivity (Wildman–Crippen MR) is 121 cm³/mol. The number of fused-ring (bicyclic) bond motifs is 1. The zero-order valence-corrected chi connectivity index (χ0v) is 18.5. The van der Waals surface area contributed by atoms with E-state index in [2.05, 4.69) is 10.3 Å². The van der Waals surface area contributed by atoms with Crippen LogP contribution in [0, 0.1) is 5.41 Å². The van der Waals surface area contributed by atoms with Crippen molar-refractivity contribution in [2.45, 2.75) is 33.2 Å². The van der Waals surface area contributed by atoms with Crippen molar-refractivity contribution in [2.75, 3.05) is 24.1 Å². The summed E-state index contributed by atoms with van der Waals surface area (Å²) >= 11 is 0. The lowest BCUT2D eigenvalue weighted by atomic mass is 10.2. The van der Waals surface area contributed by atoms with Crippen LogP contribution in [0.15, 0.2) is 35.8 Å². The van der Waals surface area contributed by atoms with Gasteiger partial charge in [-0.3, -0.25) is 20.0 Å². The number of carbonyl (C=O) groups excluding carboxylic acids is 2. The fraction of sp³-hybridized carbons (Fsp3) is 0.381. The number of anilines is 2. The Morgan fingerprint density at radius 2 is 1.97 bits per heavy atom. The van der Waals surface area contributed by atoms with E-state index in [4.69, 9.17) is 11.1 Å². The van der Waals surface area contributed by atoms with Gasteiger partial charge in [-0.15, -0.1) is 0 Å². The van der Waals surface area contributed by atoms with Crippen LogP contribution in [-0.4, -0.2) is 56.1 Å². The van der Waals surface area contributed by atoms with Crippen molar-refractivity contribution in [2.24, 2.45) is 12.0 Å². The average Bonchev–Trinajstić information content (AvgIpc) is 3.29. The van der Waals surface area contributed by atoms with E-state index < -0.39 is 0 Å². The fourth-order valence-electron chi connectivity index (χ4n) is 3.52. The minimum atomic E-state index is -0.349. The van der Waals surface area contributed by atoms with Gasteiger partial charge in [-0.25, -0.2) is 19.1 Å². The van der Waals surface area contributed by atoms with E-state index in [1.807, 2.05) is 20.9 Å². The van der Waals surface area contributed by atoms with E-state index in [1.165, 1.54) is 17.1 Å². The van der Waals surface area contributed by atoms with Gasteiger partial charge in [-0.2, -0.15) is 0 Å². The molecule has 3 heterocycles. The number of benzene rings is 1. The Balaban J connectivity index is 0.00000141. The zero-order chi connectivity index (χ0) is 23.4. The maximum absolute atomic E-state index is 12.6. The SMILES string of the molecule is CC.C[n+]1ccn(CC(=O)Nc2cc(N=C3C(=N)N4CCCCN4C3=O)c(N)cc2O)c1. The lowest BCUT2D eigenvalue weighted by molar-refractivity contribution is -0.671. The van der Waals surface area contributed by atoms with Gasteiger partial charge in [-0.05, 0) is 18.9 Å². The number of hydrogen-bond donors (Lipinski definition) is 4. The maximum atomic E-state index is 12.6. The number of aromatic nitrogens is 2. The molecule has 2 saturated heterocycles. The topological polar surface area (TPSA) is 144 Å². The number of nitrogens with zero attached hydrogens (tertiary/aromatic N) is 5. The Morgan fingerprint density at radius 1 is 1.28 bits per heavy atom. The number of phenolic OH excluding ortho intramolecular Hbond substituents is 1. The van der Waals surface area contributed by atoms with Crippen molar-refractivity contribution in [3.05, 3.63) is 30.9 Å². The van der Waals surface area contributed by atoms with Crippen LogP contribution in [-0.2, 0) is 23.2 Å². The van der Waals surface area contributed by atoms with Gasteiger partial charge in [0, 0.05) is 19.2 Å². The monoisotopic (exact) mass is 441 g/mol. The second-order valence-corrected chi connectivity index (χ2v) is 7.30. The van der Waals surface area contributed by atoms with Crippen molar-refractivity contribution >= 4 is 40.4 Å². The van der Waals surface area contributed by atoms with Gasteiger partial charge >= 0.3 is 0 Å². The maximum Gasteiger partial charge on any atom is 0.294 e. The minimum Gasteiger partial charge on any atom is -0.506 e. The highest BCUT2D eigenvalue weighted by molar-refractivity contribution is 6.68. The molecule has 0 spiro atoms. The van der Waals surface area contributed by atoms with E-state index in [1.54, 1.807) is 32.9 Å². The second-order valence-electron chi connectivity index (χ2n) is 7.30. The molecule has 0 atom stereocenters. The van der Waals surface area contributed by atoms with Gasteiger partial charge in [0.05, 0.1) is 24.1 Å². The molecule has 1 aromatic heterocycles. The summed E-state index contributed by atoms with van der Waals surface area (Å²) < 4.78 is 3.49. The van der Waals surface area contributed by atoms with Gasteiger partial charge in [-0.1, -0.05) is 13.8 Å². The number of aryl methyl sites for hydroxylation is 1. The van der Waals surface area contributed by atoms with E-state index in [-0.39, 0.29) is 52.7 Å². The van der Waals surface area contributed by atoms with Crippen LogP contribution in [0.25, 0.3) is 0 Å². The summed E-state index contributed by atoms with van der Waals surface area (Å²) in [5, 5.41) is 24.2. The Bertz CT molecular complexity index is 1050. The normalized spacial score (nSPS) is 16.7. The van der Waals surface area contributed by atoms with Crippen molar-refractivity contribution < 1.29 is 19.3 Å². The molecule has 32 heavy (non-hydrogen) atoms. The standard InChI is InChI=1S/C19H22N8O3.C2H6/c1-24-6-7-25(11-24)10-16(29)22-14-9-13(12(20)8-15(14)28)23-17-18(21)26-4-2-3-5-27(26)19(17)30;1-2/h6-9,11H,2-5,10H2,1H3,(H4-,20,21,22,23,28,29,30);1-2H3/p+1. The molecule has 2 aliphatic heterocycles. The molecule has 2 aliphatic rings. The molecule has 4 rings (SSSR count). The second kappa shape index (κ2) is 9.50. The number of rotatable bonds is 4. The highest BCUT2D eigenvalue weighted by atomic mass is 16.3. The van der Waals surface area contributed by atoms with Crippen LogP contribution in [0.2, 0.25) is 0 Å². The van der Waals surface area contributed by atoms with Crippen molar-refractivity contribution in [3.8, 4) is 5.75 Å². The molecule has 11 heteroatoms. The molecular weight excluding hydrogens is 412 g/mol. The third kappa shape index (κ3) is 4.56. The summed E-state index contributed by atoms with van der Waals surface area (Å²) in [5.74, 6) is -0.883. The van der Waals surface area contributed by atoms with Crippen molar-refractivity contribution in [1.29, 1.82) is 5.41 Å². The Labute approximate surface area is 186 Å². The summed E-state index contributed by atoms with van der Waals surface area (Å²) in [4.78, 5) is 29.3. The molecule has 2 fully saturated rings. The van der Waals surface area contributed by atoms with Gasteiger partial charge in [0.2, 0.25) is 6.33 Å². The lowest BCUT2D eigenvalue weighted by Gasteiger charge is -2.32. The average molecular weight is 442 g/mol. The van der Waals surface area contributed by atoms with Crippen molar-refractivity contribution in [3.63, 3.8) is 0 Å². The molecule has 0 unspecified atom stereocenters. The molecule has 0 aliphatic carbocycles. The van der Waals surface area contributed by atoms with Gasteiger partial charge < -0.3 is 16.2 Å². The molecule has 5 N–H and O–H groups in total. The van der Waals surface area contributed by atoms with Gasteiger partial charge in [0.25, 0.3) is 11.8 Å². The largest absolute Gasteiger partial charge is 0.506 e. The first-order valence-electron chi connectivity index (χ1n) is 10.5. The van der Waals surface area contributed by atoms with E-state index in [9.17, 15) is 14.7 Å². The number of amidine groups is 1. The number of hydrazine groups is 1. The van der Waals surface area contributed by atoms with E-state index in [0.29, 0.717) is 13.1 Å². The molecule has 0 bridgehead atoms. The number of phenols is 1. The molecular formula is C21H29N8O3+. The van der Waals surface area contributed by atoms with Crippen LogP contribution in [0.3, 0.4) is 0 Å². The summed E-state index contributed by atoms with van der Waals surface area (Å²) in [6.07, 6.45) is 7.08. The third-order valence-corrected chi connectivity index (χ3v) is 5.00. The van der Waals surface area contributed by atoms with E-state index >= 15 is 0 Å². The summed E-state index contributed by atoms with van der Waals surface area (Å²) in [5.41, 5.74) is 6.42. The molecule has 1 aromatic carbocycles. The van der Waals surface area contributed by atoms with Crippen LogP contribution >= 0.6 is 0 Å². The first-order chi connectivity index (χ1) is 15.3. The first kappa shape index (κ1) is 22.8. The Hall–Kier alpha value is -3.89. The smallest absolute Gasteiger partial charge is 0.294 e. The fourth-order valence-corrected chi connectivity index (χ4v) is 3.52. The Kier molecular flexibility index (Phi) is 6.76. The number of carbonyl (C=O) groups is 2. The van der Waals surface area contributed by atoms with Crippen LogP contribution in [0.4, 0.5) is 17.1 Å². The van der Waals surface area contributed by atoms with Crippen LogP contribution in [0.5, 0.6) is 5.75 Å². The number of nitrogen functional groups attached to an aromatic ring is 1. The van der Waals surface area contributed by atoms with Gasteiger partial charge in [0.1, 0.15) is 18.1 Å². The van der Waals surface area contributed by atoms with E-state index in [0.717, 1.165) is 12.8 Å². The number of nitrogens with two attached hydrogens (primary N) is 1. The minimum absolute atomic E-state index is 0.00796. The highest BCUT2D eigenvalue weighted by Crippen LogP contribution is 2.35. The van der Waals surface area contributed by atoms with Crippen LogP contribution < -0.4 is 15.6 Å². The number of amides is 2. The lowest BCUT2D eigenvalue weighted by Crippen LogP contribution is -2.45. The first-order valence-corrected chi connectivity index (χ1v) is 10.5. The summed E-state index contributed by atoms with van der Waals surface area (Å²) in [7, 11) is 1.84. The molecule has 0 radical (unpaired) electrons. The summed E-state index contributed by atoms with van der Waals surface area (Å²) in [6.45, 7) is 5.19. The predicted octanol–water partition coefficient (Wildman–Crippen LogP) is 1.17. The Morgan fingerprint density at radius 3 is 2.59 bits per heavy atom. The number of nitrogens with one attached hydrogen (secondary N) is 2. The highest BCUT2D eigenvalue weighted by Gasteiger charge is 2.40. The molecule has 2 aromatic rings. The molecule has 0 saturated carbocycles. The van der Waals surface area contributed by atoms with Crippen molar-refractivity contribution in [1.82, 2.24) is 14.6 Å². The van der Waals surface area contributed by atoms with Gasteiger partial charge in [0.15, 0.2) is 18.1 Å². The number of hydrogen-bond acceptors (Lipinski definition) is 6. The third-order valence-electron chi connectivity index (χ3n) is 5.00. The zero-order valence-electron chi connectivity index (χ0n) is 18.5. The number of aliphatic imine (C=N–C) groups is 1.